The Hall–Kier alpha value is -3.48. The minimum Gasteiger partial charge on any atom is -0.444 e. The van der Waals surface area contributed by atoms with Gasteiger partial charge in [-0.15, -0.1) is 0 Å². The number of benzene rings is 2. The molecule has 0 bridgehead atoms. The predicted molar refractivity (Wildman–Crippen MR) is 83.0 cm³/mol. The van der Waals surface area contributed by atoms with Gasteiger partial charge in [0.25, 0.3) is 11.6 Å². The van der Waals surface area contributed by atoms with Gasteiger partial charge in [0.05, 0.1) is 11.1 Å². The number of carbonyl (C=O) groups excluding carboxylic acids is 1. The second-order valence-corrected chi connectivity index (χ2v) is 4.71. The van der Waals surface area contributed by atoms with Gasteiger partial charge in [-0.25, -0.2) is 4.98 Å². The summed E-state index contributed by atoms with van der Waals surface area (Å²) in [7, 11) is 0. The molecule has 7 heteroatoms. The van der Waals surface area contributed by atoms with Crippen molar-refractivity contribution in [2.75, 3.05) is 5.32 Å². The zero-order valence-electron chi connectivity index (χ0n) is 11.8. The Kier molecular flexibility index (Phi) is 3.84. The molecule has 3 aromatic rings. The van der Waals surface area contributed by atoms with Crippen molar-refractivity contribution < 1.29 is 14.1 Å². The van der Waals surface area contributed by atoms with E-state index < -0.39 is 10.8 Å². The number of nitrogens with zero attached hydrogens (tertiary/aromatic N) is 2. The summed E-state index contributed by atoms with van der Waals surface area (Å²) in [6.07, 6.45) is 2.89. The Labute approximate surface area is 130 Å². The predicted octanol–water partition coefficient (Wildman–Crippen LogP) is 3.50. The molecule has 1 amide bonds. The quantitative estimate of drug-likeness (QED) is 0.587. The lowest BCUT2D eigenvalue weighted by Gasteiger charge is -2.06. The van der Waals surface area contributed by atoms with E-state index in [0.717, 1.165) is 5.56 Å². The average molecular weight is 309 g/mol. The molecule has 2 aromatic carbocycles. The number of carbonyl (C=O) groups is 1. The first-order valence-corrected chi connectivity index (χ1v) is 6.68. The zero-order chi connectivity index (χ0) is 16.2. The Bertz CT molecular complexity index is 859. The molecule has 23 heavy (non-hydrogen) atoms. The maximum absolute atomic E-state index is 12.2. The number of hydrogen-bond acceptors (Lipinski definition) is 5. The van der Waals surface area contributed by atoms with Crippen molar-refractivity contribution in [1.29, 1.82) is 0 Å². The molecule has 3 rings (SSSR count). The van der Waals surface area contributed by atoms with Crippen LogP contribution >= 0.6 is 0 Å². The maximum atomic E-state index is 12.2. The van der Waals surface area contributed by atoms with Crippen molar-refractivity contribution >= 4 is 17.3 Å². The zero-order valence-corrected chi connectivity index (χ0v) is 11.8. The number of nitrogens with one attached hydrogen (secondary N) is 1. The van der Waals surface area contributed by atoms with E-state index in [2.05, 4.69) is 10.3 Å². The Morgan fingerprint density at radius 1 is 1.17 bits per heavy atom. The standard InChI is InChI=1S/C16H11N3O4/c20-16(12-4-2-6-14(8-12)19(21)22)18-13-5-1-3-11(7-13)15-9-17-10-23-15/h1-10H,(H,18,20). The molecule has 0 fully saturated rings. The number of non-ortho nitro benzene ring substituents is 1. The van der Waals surface area contributed by atoms with Crippen LogP contribution in [0.1, 0.15) is 10.4 Å². The normalized spacial score (nSPS) is 10.3. The van der Waals surface area contributed by atoms with E-state index in [-0.39, 0.29) is 11.3 Å². The minimum absolute atomic E-state index is 0.131. The van der Waals surface area contributed by atoms with Crippen LogP contribution in [0.2, 0.25) is 0 Å². The summed E-state index contributed by atoms with van der Waals surface area (Å²) in [5.74, 6) is 0.153. The number of nitro groups is 1. The molecule has 0 aliphatic heterocycles. The fraction of sp³-hybridized carbons (Fsp3) is 0. The van der Waals surface area contributed by atoms with Gasteiger partial charge in [0.2, 0.25) is 0 Å². The molecule has 0 unspecified atom stereocenters. The third-order valence-corrected chi connectivity index (χ3v) is 3.16. The van der Waals surface area contributed by atoms with Crippen LogP contribution in [0.15, 0.2) is 65.5 Å². The second-order valence-electron chi connectivity index (χ2n) is 4.71. The first-order chi connectivity index (χ1) is 11.1. The Balaban J connectivity index is 1.82. The number of hydrogen-bond donors (Lipinski definition) is 1. The summed E-state index contributed by atoms with van der Waals surface area (Å²) in [6.45, 7) is 0. The van der Waals surface area contributed by atoms with Gasteiger partial charge in [-0.1, -0.05) is 18.2 Å². The highest BCUT2D eigenvalue weighted by Gasteiger charge is 2.12. The minimum atomic E-state index is -0.540. The topological polar surface area (TPSA) is 98.3 Å². The van der Waals surface area contributed by atoms with Gasteiger partial charge in [-0.05, 0) is 18.2 Å². The average Bonchev–Trinajstić information content (AvgIpc) is 3.10. The molecule has 0 aliphatic carbocycles. The monoisotopic (exact) mass is 309 g/mol. The summed E-state index contributed by atoms with van der Waals surface area (Å²) in [4.78, 5) is 26.3. The van der Waals surface area contributed by atoms with Crippen LogP contribution in [-0.4, -0.2) is 15.8 Å². The van der Waals surface area contributed by atoms with E-state index in [1.807, 2.05) is 6.07 Å². The lowest BCUT2D eigenvalue weighted by Crippen LogP contribution is -2.12. The van der Waals surface area contributed by atoms with Crippen molar-refractivity contribution in [2.45, 2.75) is 0 Å². The second kappa shape index (κ2) is 6.10. The summed E-state index contributed by atoms with van der Waals surface area (Å²) >= 11 is 0. The van der Waals surface area contributed by atoms with Crippen LogP contribution in [0.3, 0.4) is 0 Å². The molecule has 0 saturated carbocycles. The molecule has 0 atom stereocenters. The smallest absolute Gasteiger partial charge is 0.270 e. The van der Waals surface area contributed by atoms with Gasteiger partial charge in [0, 0.05) is 28.9 Å². The highest BCUT2D eigenvalue weighted by Crippen LogP contribution is 2.22. The molecular weight excluding hydrogens is 298 g/mol. The number of rotatable bonds is 4. The number of nitro benzene ring substituents is 1. The van der Waals surface area contributed by atoms with Gasteiger partial charge in [-0.2, -0.15) is 0 Å². The van der Waals surface area contributed by atoms with Crippen molar-refractivity contribution in [2.24, 2.45) is 0 Å². The highest BCUT2D eigenvalue weighted by atomic mass is 16.6. The molecule has 7 nitrogen and oxygen atoms in total. The van der Waals surface area contributed by atoms with Gasteiger partial charge in [0.15, 0.2) is 12.2 Å². The molecule has 0 spiro atoms. The highest BCUT2D eigenvalue weighted by molar-refractivity contribution is 6.04. The summed E-state index contributed by atoms with van der Waals surface area (Å²) in [6, 6.07) is 12.6. The van der Waals surface area contributed by atoms with Crippen LogP contribution in [0, 0.1) is 10.1 Å². The fourth-order valence-corrected chi connectivity index (χ4v) is 2.07. The van der Waals surface area contributed by atoms with E-state index in [9.17, 15) is 14.9 Å². The molecular formula is C16H11N3O4. The molecule has 0 aliphatic rings. The van der Waals surface area contributed by atoms with Gasteiger partial charge in [0.1, 0.15) is 0 Å². The summed E-state index contributed by atoms with van der Waals surface area (Å²) < 4.78 is 5.21. The Morgan fingerprint density at radius 3 is 2.74 bits per heavy atom. The van der Waals surface area contributed by atoms with Crippen LogP contribution in [0.4, 0.5) is 11.4 Å². The third kappa shape index (κ3) is 3.24. The van der Waals surface area contributed by atoms with E-state index in [4.69, 9.17) is 4.42 Å². The van der Waals surface area contributed by atoms with Crippen LogP contribution < -0.4 is 5.32 Å². The van der Waals surface area contributed by atoms with Crippen LogP contribution in [0.5, 0.6) is 0 Å². The van der Waals surface area contributed by atoms with Crippen molar-refractivity contribution in [3.63, 3.8) is 0 Å². The maximum Gasteiger partial charge on any atom is 0.270 e. The van der Waals surface area contributed by atoms with Crippen molar-refractivity contribution in [3.8, 4) is 11.3 Å². The van der Waals surface area contributed by atoms with E-state index in [0.29, 0.717) is 11.4 Å². The number of anilines is 1. The number of oxazole rings is 1. The summed E-state index contributed by atoms with van der Waals surface area (Å²) in [5.41, 5.74) is 1.40. The number of aromatic nitrogens is 1. The molecule has 0 radical (unpaired) electrons. The van der Waals surface area contributed by atoms with Crippen molar-refractivity contribution in [1.82, 2.24) is 4.98 Å². The van der Waals surface area contributed by atoms with Gasteiger partial charge < -0.3 is 9.73 Å². The lowest BCUT2D eigenvalue weighted by molar-refractivity contribution is -0.384. The molecule has 1 N–H and O–H groups in total. The third-order valence-electron chi connectivity index (χ3n) is 3.16. The van der Waals surface area contributed by atoms with Gasteiger partial charge in [-0.3, -0.25) is 14.9 Å². The first-order valence-electron chi connectivity index (χ1n) is 6.68. The number of amides is 1. The fourth-order valence-electron chi connectivity index (χ4n) is 2.07. The SMILES string of the molecule is O=C(Nc1cccc(-c2cnco2)c1)c1cccc([N+](=O)[O-])c1. The molecule has 0 saturated heterocycles. The van der Waals surface area contributed by atoms with Crippen molar-refractivity contribution in [3.05, 3.63) is 76.8 Å². The largest absolute Gasteiger partial charge is 0.444 e. The lowest BCUT2D eigenvalue weighted by atomic mass is 10.1. The van der Waals surface area contributed by atoms with E-state index >= 15 is 0 Å². The molecule has 114 valence electrons. The van der Waals surface area contributed by atoms with Crippen LogP contribution in [0.25, 0.3) is 11.3 Å². The van der Waals surface area contributed by atoms with E-state index in [1.165, 1.54) is 30.7 Å². The summed E-state index contributed by atoms with van der Waals surface area (Å²) in [5, 5.41) is 13.5. The molecule has 1 aromatic heterocycles. The first kappa shape index (κ1) is 14.5. The van der Waals surface area contributed by atoms with E-state index in [1.54, 1.807) is 24.4 Å². The van der Waals surface area contributed by atoms with Crippen LogP contribution in [-0.2, 0) is 0 Å². The molecule has 1 heterocycles. The van der Waals surface area contributed by atoms with Gasteiger partial charge >= 0.3 is 0 Å². The Morgan fingerprint density at radius 2 is 2.00 bits per heavy atom.